The molecule has 2 saturated heterocycles. The molecule has 0 saturated carbocycles. The molecule has 4 heteroatoms. The average molecular weight is 330 g/mol. The molecule has 3 unspecified atom stereocenters. The van der Waals surface area contributed by atoms with Gasteiger partial charge in [0, 0.05) is 19.1 Å². The molecule has 0 aliphatic carbocycles. The van der Waals surface area contributed by atoms with E-state index in [1.807, 2.05) is 18.7 Å². The van der Waals surface area contributed by atoms with Gasteiger partial charge in [-0.1, -0.05) is 29.3 Å². The molecule has 132 valence electrons. The summed E-state index contributed by atoms with van der Waals surface area (Å²) in [5, 5.41) is 0. The highest BCUT2D eigenvalue weighted by molar-refractivity contribution is 5.78. The van der Waals surface area contributed by atoms with Crippen LogP contribution >= 0.6 is 0 Å². The summed E-state index contributed by atoms with van der Waals surface area (Å²) >= 11 is 0. The molecule has 1 amide bonds. The van der Waals surface area contributed by atoms with E-state index >= 15 is 0 Å². The van der Waals surface area contributed by atoms with Crippen LogP contribution in [0.1, 0.15) is 49.4 Å². The zero-order chi connectivity index (χ0) is 17.3. The summed E-state index contributed by atoms with van der Waals surface area (Å²) in [5.74, 6) is 0.244. The Kier molecular flexibility index (Phi) is 5.26. The highest BCUT2D eigenvalue weighted by Crippen LogP contribution is 2.32. The first-order chi connectivity index (χ1) is 11.4. The molecule has 3 rings (SSSR count). The number of rotatable bonds is 3. The van der Waals surface area contributed by atoms with Gasteiger partial charge in [0.2, 0.25) is 5.91 Å². The standard InChI is InChI=1S/C20H30N2O2/c1-14-8-15(2)10-18(9-14)19-6-5-7-21(19)13-20(23)22-11-16(3)24-17(4)12-22/h8-10,16-17,19H,5-7,11-13H2,1-4H3. The molecule has 1 aromatic rings. The van der Waals surface area contributed by atoms with Gasteiger partial charge in [0.15, 0.2) is 0 Å². The van der Waals surface area contributed by atoms with Crippen molar-refractivity contribution in [1.82, 2.24) is 9.80 Å². The molecular weight excluding hydrogens is 300 g/mol. The predicted octanol–water partition coefficient (Wildman–Crippen LogP) is 3.08. The lowest BCUT2D eigenvalue weighted by Crippen LogP contribution is -2.51. The molecule has 2 aliphatic heterocycles. The van der Waals surface area contributed by atoms with E-state index in [9.17, 15) is 4.79 Å². The Morgan fingerprint density at radius 1 is 1.12 bits per heavy atom. The Morgan fingerprint density at radius 3 is 2.38 bits per heavy atom. The molecule has 24 heavy (non-hydrogen) atoms. The quantitative estimate of drug-likeness (QED) is 0.854. The molecule has 2 fully saturated rings. The highest BCUT2D eigenvalue weighted by Gasteiger charge is 2.31. The van der Waals surface area contributed by atoms with Crippen molar-refractivity contribution in [2.24, 2.45) is 0 Å². The van der Waals surface area contributed by atoms with E-state index < -0.39 is 0 Å². The first kappa shape index (κ1) is 17.4. The number of likely N-dealkylation sites (tertiary alicyclic amines) is 1. The smallest absolute Gasteiger partial charge is 0.236 e. The van der Waals surface area contributed by atoms with Crippen molar-refractivity contribution in [1.29, 1.82) is 0 Å². The van der Waals surface area contributed by atoms with Crippen molar-refractivity contribution in [2.45, 2.75) is 58.8 Å². The summed E-state index contributed by atoms with van der Waals surface area (Å²) in [7, 11) is 0. The molecule has 0 aromatic heterocycles. The van der Waals surface area contributed by atoms with Gasteiger partial charge in [-0.25, -0.2) is 0 Å². The molecule has 0 spiro atoms. The van der Waals surface area contributed by atoms with E-state index in [4.69, 9.17) is 4.74 Å². The number of benzene rings is 1. The van der Waals surface area contributed by atoms with Crippen LogP contribution in [-0.2, 0) is 9.53 Å². The van der Waals surface area contributed by atoms with Gasteiger partial charge in [-0.2, -0.15) is 0 Å². The Balaban J connectivity index is 1.68. The molecule has 1 aromatic carbocycles. The predicted molar refractivity (Wildman–Crippen MR) is 96.1 cm³/mol. The highest BCUT2D eigenvalue weighted by atomic mass is 16.5. The van der Waals surface area contributed by atoms with Gasteiger partial charge in [0.25, 0.3) is 0 Å². The summed E-state index contributed by atoms with van der Waals surface area (Å²) in [4.78, 5) is 17.1. The second kappa shape index (κ2) is 7.24. The molecular formula is C20H30N2O2. The largest absolute Gasteiger partial charge is 0.372 e. The maximum atomic E-state index is 12.8. The number of carbonyl (C=O) groups excluding carboxylic acids is 1. The molecule has 0 N–H and O–H groups in total. The lowest BCUT2D eigenvalue weighted by molar-refractivity contribution is -0.144. The fraction of sp³-hybridized carbons (Fsp3) is 0.650. The summed E-state index contributed by atoms with van der Waals surface area (Å²) in [5.41, 5.74) is 3.97. The Hall–Kier alpha value is -1.39. The van der Waals surface area contributed by atoms with Crippen molar-refractivity contribution < 1.29 is 9.53 Å². The van der Waals surface area contributed by atoms with Gasteiger partial charge < -0.3 is 9.64 Å². The third kappa shape index (κ3) is 3.98. The number of aryl methyl sites for hydroxylation is 2. The minimum absolute atomic E-state index is 0.131. The number of carbonyl (C=O) groups is 1. The summed E-state index contributed by atoms with van der Waals surface area (Å²) in [6, 6.07) is 7.15. The first-order valence-corrected chi connectivity index (χ1v) is 9.18. The van der Waals surface area contributed by atoms with Crippen molar-refractivity contribution in [3.05, 3.63) is 34.9 Å². The molecule has 2 aliphatic rings. The lowest BCUT2D eigenvalue weighted by atomic mass is 9.99. The second-order valence-corrected chi connectivity index (χ2v) is 7.61. The fourth-order valence-corrected chi connectivity index (χ4v) is 4.25. The van der Waals surface area contributed by atoms with Gasteiger partial charge in [0.05, 0.1) is 18.8 Å². The van der Waals surface area contributed by atoms with Gasteiger partial charge in [-0.15, -0.1) is 0 Å². The Morgan fingerprint density at radius 2 is 1.75 bits per heavy atom. The molecule has 0 radical (unpaired) electrons. The molecule has 0 bridgehead atoms. The SMILES string of the molecule is Cc1cc(C)cc(C2CCCN2CC(=O)N2CC(C)OC(C)C2)c1. The van der Waals surface area contributed by atoms with E-state index in [-0.39, 0.29) is 18.1 Å². The van der Waals surface area contributed by atoms with E-state index in [0.717, 1.165) is 13.0 Å². The van der Waals surface area contributed by atoms with E-state index in [0.29, 0.717) is 25.7 Å². The normalized spacial score (nSPS) is 28.3. The summed E-state index contributed by atoms with van der Waals surface area (Å²) < 4.78 is 5.75. The molecule has 4 nitrogen and oxygen atoms in total. The Bertz CT molecular complexity index is 571. The van der Waals surface area contributed by atoms with E-state index in [1.54, 1.807) is 0 Å². The number of ether oxygens (including phenoxy) is 1. The number of morpholine rings is 1. The van der Waals surface area contributed by atoms with Crippen LogP contribution in [0.5, 0.6) is 0 Å². The minimum atomic E-state index is 0.131. The zero-order valence-corrected chi connectivity index (χ0v) is 15.4. The zero-order valence-electron chi connectivity index (χ0n) is 15.4. The van der Waals surface area contributed by atoms with Crippen LogP contribution in [0.3, 0.4) is 0 Å². The maximum absolute atomic E-state index is 12.8. The van der Waals surface area contributed by atoms with Gasteiger partial charge >= 0.3 is 0 Å². The first-order valence-electron chi connectivity index (χ1n) is 9.18. The second-order valence-electron chi connectivity index (χ2n) is 7.61. The van der Waals surface area contributed by atoms with Crippen molar-refractivity contribution in [2.75, 3.05) is 26.2 Å². The summed E-state index contributed by atoms with van der Waals surface area (Å²) in [6.07, 6.45) is 2.57. The van der Waals surface area contributed by atoms with Crippen LogP contribution in [-0.4, -0.2) is 54.1 Å². The number of nitrogens with zero attached hydrogens (tertiary/aromatic N) is 2. The van der Waals surface area contributed by atoms with Crippen LogP contribution in [0, 0.1) is 13.8 Å². The minimum Gasteiger partial charge on any atom is -0.372 e. The van der Waals surface area contributed by atoms with Gasteiger partial charge in [-0.05, 0) is 52.6 Å². The topological polar surface area (TPSA) is 32.8 Å². The number of amides is 1. The van der Waals surface area contributed by atoms with E-state index in [1.165, 1.54) is 23.1 Å². The lowest BCUT2D eigenvalue weighted by Gasteiger charge is -2.36. The number of hydrogen-bond donors (Lipinski definition) is 0. The number of hydrogen-bond acceptors (Lipinski definition) is 3. The van der Waals surface area contributed by atoms with E-state index in [2.05, 4.69) is 36.9 Å². The van der Waals surface area contributed by atoms with Crippen molar-refractivity contribution in [3.8, 4) is 0 Å². The van der Waals surface area contributed by atoms with Gasteiger partial charge in [0.1, 0.15) is 0 Å². The molecule has 3 atom stereocenters. The average Bonchev–Trinajstić information content (AvgIpc) is 2.93. The molecule has 2 heterocycles. The van der Waals surface area contributed by atoms with Crippen molar-refractivity contribution in [3.63, 3.8) is 0 Å². The van der Waals surface area contributed by atoms with Crippen molar-refractivity contribution >= 4 is 5.91 Å². The van der Waals surface area contributed by atoms with Crippen LogP contribution in [0.25, 0.3) is 0 Å². The van der Waals surface area contributed by atoms with Crippen LogP contribution in [0.15, 0.2) is 18.2 Å². The van der Waals surface area contributed by atoms with Crippen LogP contribution in [0.4, 0.5) is 0 Å². The van der Waals surface area contributed by atoms with Crippen LogP contribution < -0.4 is 0 Å². The third-order valence-electron chi connectivity index (χ3n) is 5.10. The van der Waals surface area contributed by atoms with Gasteiger partial charge in [-0.3, -0.25) is 9.69 Å². The fourth-order valence-electron chi connectivity index (χ4n) is 4.25. The monoisotopic (exact) mass is 330 g/mol. The van der Waals surface area contributed by atoms with Crippen LogP contribution in [0.2, 0.25) is 0 Å². The summed E-state index contributed by atoms with van der Waals surface area (Å²) in [6.45, 7) is 11.4. The maximum Gasteiger partial charge on any atom is 0.236 e. The Labute approximate surface area is 145 Å². The third-order valence-corrected chi connectivity index (χ3v) is 5.10.